The number of anilines is 1. The lowest BCUT2D eigenvalue weighted by Gasteiger charge is -2.24. The lowest BCUT2D eigenvalue weighted by atomic mass is 10.3. The summed E-state index contributed by atoms with van der Waals surface area (Å²) >= 11 is 1.49. The second-order valence-electron chi connectivity index (χ2n) is 2.73. The van der Waals surface area contributed by atoms with Crippen LogP contribution in [0.4, 0.5) is 5.13 Å². The number of aliphatic hydroxyl groups excluding tert-OH is 1. The number of aliphatic hydroxyl groups is 1. The van der Waals surface area contributed by atoms with Gasteiger partial charge in [0.05, 0.1) is 6.61 Å². The lowest BCUT2D eigenvalue weighted by molar-refractivity contribution is 0.299. The van der Waals surface area contributed by atoms with Crippen molar-refractivity contribution < 1.29 is 5.11 Å². The molecule has 0 aliphatic rings. The Morgan fingerprint density at radius 3 is 2.83 bits per heavy atom. The minimum absolute atomic E-state index is 0.151. The molecule has 12 heavy (non-hydrogen) atoms. The molecule has 4 nitrogen and oxygen atoms in total. The predicted molar refractivity (Wildman–Crippen MR) is 49.5 cm³/mol. The summed E-state index contributed by atoms with van der Waals surface area (Å²) in [7, 11) is 0. The molecule has 0 spiro atoms. The van der Waals surface area contributed by atoms with Crippen molar-refractivity contribution >= 4 is 16.5 Å². The van der Waals surface area contributed by atoms with Crippen molar-refractivity contribution in [2.24, 2.45) is 0 Å². The van der Waals surface area contributed by atoms with Crippen LogP contribution in [0, 0.1) is 0 Å². The van der Waals surface area contributed by atoms with E-state index in [1.54, 1.807) is 5.51 Å². The first-order chi connectivity index (χ1) is 5.75. The number of hydrogen-bond donors (Lipinski definition) is 1. The van der Waals surface area contributed by atoms with Crippen LogP contribution in [-0.4, -0.2) is 34.5 Å². The second-order valence-corrected chi connectivity index (χ2v) is 3.54. The molecule has 0 amide bonds. The summed E-state index contributed by atoms with van der Waals surface area (Å²) in [5.74, 6) is 0. The summed E-state index contributed by atoms with van der Waals surface area (Å²) in [6.07, 6.45) is 0. The molecule has 1 N–H and O–H groups in total. The zero-order valence-corrected chi connectivity index (χ0v) is 8.08. The van der Waals surface area contributed by atoms with E-state index in [1.165, 1.54) is 11.3 Å². The van der Waals surface area contributed by atoms with Gasteiger partial charge in [0.25, 0.3) is 0 Å². The minimum Gasteiger partial charge on any atom is -0.395 e. The Bertz CT molecular complexity index is 212. The standard InChI is InChI=1S/C7H13N3OS/c1-6(2)10(3-4-11)7-9-8-5-12-7/h5-6,11H,3-4H2,1-2H3. The van der Waals surface area contributed by atoms with Gasteiger partial charge in [-0.05, 0) is 13.8 Å². The normalized spacial score (nSPS) is 10.7. The van der Waals surface area contributed by atoms with E-state index in [0.29, 0.717) is 12.6 Å². The van der Waals surface area contributed by atoms with Crippen molar-refractivity contribution in [3.63, 3.8) is 0 Å². The minimum atomic E-state index is 0.151. The first-order valence-electron chi connectivity index (χ1n) is 3.89. The molecule has 5 heteroatoms. The fourth-order valence-electron chi connectivity index (χ4n) is 0.975. The second kappa shape index (κ2) is 4.37. The van der Waals surface area contributed by atoms with Gasteiger partial charge in [-0.15, -0.1) is 10.2 Å². The van der Waals surface area contributed by atoms with Gasteiger partial charge in [0.1, 0.15) is 5.51 Å². The third kappa shape index (κ3) is 2.15. The van der Waals surface area contributed by atoms with Crippen molar-refractivity contribution in [2.75, 3.05) is 18.1 Å². The van der Waals surface area contributed by atoms with Crippen molar-refractivity contribution in [3.8, 4) is 0 Å². The highest BCUT2D eigenvalue weighted by molar-refractivity contribution is 7.13. The van der Waals surface area contributed by atoms with Gasteiger partial charge in [-0.1, -0.05) is 11.3 Å². The molecule has 0 atom stereocenters. The molecule has 0 aromatic carbocycles. The Morgan fingerprint density at radius 1 is 1.67 bits per heavy atom. The fraction of sp³-hybridized carbons (Fsp3) is 0.714. The molecule has 1 heterocycles. The molecule has 1 aromatic rings. The van der Waals surface area contributed by atoms with E-state index in [-0.39, 0.29) is 6.61 Å². The van der Waals surface area contributed by atoms with Crippen LogP contribution in [0.2, 0.25) is 0 Å². The molecule has 0 fully saturated rings. The van der Waals surface area contributed by atoms with E-state index in [9.17, 15) is 0 Å². The summed E-state index contributed by atoms with van der Waals surface area (Å²) in [5, 5.41) is 17.4. The van der Waals surface area contributed by atoms with Crippen molar-refractivity contribution in [1.82, 2.24) is 10.2 Å². The van der Waals surface area contributed by atoms with Crippen LogP contribution >= 0.6 is 11.3 Å². The maximum atomic E-state index is 8.80. The van der Waals surface area contributed by atoms with E-state index in [0.717, 1.165) is 5.13 Å². The van der Waals surface area contributed by atoms with E-state index in [1.807, 2.05) is 4.90 Å². The van der Waals surface area contributed by atoms with E-state index in [2.05, 4.69) is 24.0 Å². The van der Waals surface area contributed by atoms with Crippen LogP contribution in [0.1, 0.15) is 13.8 Å². The summed E-state index contributed by atoms with van der Waals surface area (Å²) in [4.78, 5) is 2.03. The Balaban J connectivity index is 2.66. The number of rotatable bonds is 4. The lowest BCUT2D eigenvalue weighted by Crippen LogP contribution is -2.33. The van der Waals surface area contributed by atoms with Gasteiger partial charge in [0, 0.05) is 12.6 Å². The maximum absolute atomic E-state index is 8.80. The molecule has 0 radical (unpaired) electrons. The van der Waals surface area contributed by atoms with E-state index >= 15 is 0 Å². The van der Waals surface area contributed by atoms with Gasteiger partial charge in [-0.2, -0.15) is 0 Å². The van der Waals surface area contributed by atoms with Crippen LogP contribution in [0.15, 0.2) is 5.51 Å². The Kier molecular flexibility index (Phi) is 3.43. The van der Waals surface area contributed by atoms with Gasteiger partial charge in [-0.3, -0.25) is 0 Å². The zero-order valence-electron chi connectivity index (χ0n) is 7.27. The Morgan fingerprint density at radius 2 is 2.42 bits per heavy atom. The van der Waals surface area contributed by atoms with Crippen LogP contribution in [0.25, 0.3) is 0 Å². The summed E-state index contributed by atoms with van der Waals surface area (Å²) in [6, 6.07) is 0.352. The van der Waals surface area contributed by atoms with Crippen LogP contribution in [0.3, 0.4) is 0 Å². The molecule has 68 valence electrons. The van der Waals surface area contributed by atoms with E-state index in [4.69, 9.17) is 5.11 Å². The Labute approximate surface area is 75.9 Å². The average molecular weight is 187 g/mol. The zero-order chi connectivity index (χ0) is 8.97. The quantitative estimate of drug-likeness (QED) is 0.755. The first-order valence-corrected chi connectivity index (χ1v) is 4.77. The molecule has 0 aliphatic carbocycles. The molecule has 0 saturated heterocycles. The number of aromatic nitrogens is 2. The Hall–Kier alpha value is -0.680. The van der Waals surface area contributed by atoms with Crippen molar-refractivity contribution in [2.45, 2.75) is 19.9 Å². The molecular weight excluding hydrogens is 174 g/mol. The summed E-state index contributed by atoms with van der Waals surface area (Å²) in [6.45, 7) is 4.90. The predicted octanol–water partition coefficient (Wildman–Crippen LogP) is 0.745. The van der Waals surface area contributed by atoms with Gasteiger partial charge >= 0.3 is 0 Å². The average Bonchev–Trinajstić information content (AvgIpc) is 2.51. The summed E-state index contributed by atoms with van der Waals surface area (Å²) in [5.41, 5.74) is 1.70. The molecule has 0 bridgehead atoms. The molecule has 0 unspecified atom stereocenters. The maximum Gasteiger partial charge on any atom is 0.208 e. The molecule has 1 rings (SSSR count). The van der Waals surface area contributed by atoms with Crippen LogP contribution in [-0.2, 0) is 0 Å². The smallest absolute Gasteiger partial charge is 0.208 e. The third-order valence-electron chi connectivity index (χ3n) is 1.56. The van der Waals surface area contributed by atoms with Crippen LogP contribution in [0.5, 0.6) is 0 Å². The molecule has 0 saturated carbocycles. The van der Waals surface area contributed by atoms with Gasteiger partial charge in [0.2, 0.25) is 5.13 Å². The van der Waals surface area contributed by atoms with Crippen LogP contribution < -0.4 is 4.90 Å². The largest absolute Gasteiger partial charge is 0.395 e. The van der Waals surface area contributed by atoms with Crippen molar-refractivity contribution in [3.05, 3.63) is 5.51 Å². The van der Waals surface area contributed by atoms with Gasteiger partial charge < -0.3 is 10.0 Å². The molecule has 0 aliphatic heterocycles. The highest BCUT2D eigenvalue weighted by Crippen LogP contribution is 2.17. The number of hydrogen-bond acceptors (Lipinski definition) is 5. The topological polar surface area (TPSA) is 49.2 Å². The fourth-order valence-corrected chi connectivity index (χ4v) is 1.70. The third-order valence-corrected chi connectivity index (χ3v) is 2.29. The van der Waals surface area contributed by atoms with Gasteiger partial charge in [-0.25, -0.2) is 0 Å². The molecular formula is C7H13N3OS. The SMILES string of the molecule is CC(C)N(CCO)c1nncs1. The monoisotopic (exact) mass is 187 g/mol. The molecule has 1 aromatic heterocycles. The summed E-state index contributed by atoms with van der Waals surface area (Å²) < 4.78 is 0. The van der Waals surface area contributed by atoms with Gasteiger partial charge in [0.15, 0.2) is 0 Å². The highest BCUT2D eigenvalue weighted by Gasteiger charge is 2.11. The highest BCUT2D eigenvalue weighted by atomic mass is 32.1. The van der Waals surface area contributed by atoms with Crippen molar-refractivity contribution in [1.29, 1.82) is 0 Å². The first kappa shape index (κ1) is 9.41. The number of nitrogens with zero attached hydrogens (tertiary/aromatic N) is 3. The van der Waals surface area contributed by atoms with E-state index < -0.39 is 0 Å².